The molecule has 0 radical (unpaired) electrons. The van der Waals surface area contributed by atoms with Gasteiger partial charge in [0.25, 0.3) is 5.91 Å². The summed E-state index contributed by atoms with van der Waals surface area (Å²) in [6.07, 6.45) is 1.10. The Labute approximate surface area is 229 Å². The van der Waals surface area contributed by atoms with Crippen LogP contribution >= 0.6 is 0 Å². The summed E-state index contributed by atoms with van der Waals surface area (Å²) >= 11 is 0. The average Bonchev–Trinajstić information content (AvgIpc) is 2.93. The van der Waals surface area contributed by atoms with Crippen molar-refractivity contribution in [3.8, 4) is 5.75 Å². The standard InChI is InChI=1S/C30H36N4O5/c1-20(2)18-25(33-28(35)22-8-5-4-6-9-22)29(36)34-26(30(37)38)19-21-12-14-24(15-13-21)39-17-16-23-10-7-11-27(31-3)32-23/h4-15,20,25-26H,16-19H2,1-3H3,(H,31,32)(H,33,35)(H,34,36)(H,37,38)/t25?,26-/m0/s1. The Morgan fingerprint density at radius 3 is 2.26 bits per heavy atom. The molecule has 9 heteroatoms. The first-order valence-corrected chi connectivity index (χ1v) is 13.0. The van der Waals surface area contributed by atoms with Gasteiger partial charge in [0.15, 0.2) is 0 Å². The quantitative estimate of drug-likeness (QED) is 0.249. The van der Waals surface area contributed by atoms with Crippen LogP contribution in [0.3, 0.4) is 0 Å². The molecule has 3 rings (SSSR count). The largest absolute Gasteiger partial charge is 0.493 e. The minimum atomic E-state index is -1.15. The van der Waals surface area contributed by atoms with Crippen molar-refractivity contribution in [3.63, 3.8) is 0 Å². The van der Waals surface area contributed by atoms with Crippen molar-refractivity contribution in [2.75, 3.05) is 19.0 Å². The number of nitrogens with zero attached hydrogens (tertiary/aromatic N) is 1. The van der Waals surface area contributed by atoms with Gasteiger partial charge in [0.1, 0.15) is 23.7 Å². The van der Waals surface area contributed by atoms with Gasteiger partial charge in [0.2, 0.25) is 5.91 Å². The second-order valence-corrected chi connectivity index (χ2v) is 9.63. The summed E-state index contributed by atoms with van der Waals surface area (Å²) in [6.45, 7) is 4.31. The number of carboxylic acid groups (broad SMARTS) is 1. The molecule has 2 atom stereocenters. The number of ether oxygens (including phenoxy) is 1. The van der Waals surface area contributed by atoms with Crippen LogP contribution in [0.2, 0.25) is 0 Å². The van der Waals surface area contributed by atoms with Crippen LogP contribution < -0.4 is 20.7 Å². The van der Waals surface area contributed by atoms with Crippen molar-refractivity contribution >= 4 is 23.6 Å². The van der Waals surface area contributed by atoms with Crippen LogP contribution in [-0.2, 0) is 22.4 Å². The molecule has 1 unspecified atom stereocenters. The van der Waals surface area contributed by atoms with E-state index in [-0.39, 0.29) is 18.2 Å². The van der Waals surface area contributed by atoms with Crippen molar-refractivity contribution < 1.29 is 24.2 Å². The molecular formula is C30H36N4O5. The number of hydrogen-bond acceptors (Lipinski definition) is 6. The monoisotopic (exact) mass is 532 g/mol. The normalized spacial score (nSPS) is 12.3. The second kappa shape index (κ2) is 14.5. The number of anilines is 1. The molecule has 0 bridgehead atoms. The van der Waals surface area contributed by atoms with E-state index in [9.17, 15) is 19.5 Å². The van der Waals surface area contributed by atoms with E-state index < -0.39 is 24.0 Å². The van der Waals surface area contributed by atoms with Crippen molar-refractivity contribution in [2.24, 2.45) is 5.92 Å². The number of nitrogens with one attached hydrogen (secondary N) is 3. The number of carboxylic acids is 1. The SMILES string of the molecule is CNc1cccc(CCOc2ccc(C[C@H](NC(=O)C(CC(C)C)NC(=O)c3ccccc3)C(=O)O)cc2)n1. The highest BCUT2D eigenvalue weighted by Gasteiger charge is 2.27. The van der Waals surface area contributed by atoms with Crippen LogP contribution in [-0.4, -0.2) is 53.6 Å². The van der Waals surface area contributed by atoms with Gasteiger partial charge in [-0.05, 0) is 54.3 Å². The fourth-order valence-corrected chi connectivity index (χ4v) is 4.00. The summed E-state index contributed by atoms with van der Waals surface area (Å²) in [6, 6.07) is 19.4. The van der Waals surface area contributed by atoms with Gasteiger partial charge < -0.3 is 25.8 Å². The van der Waals surface area contributed by atoms with E-state index in [0.29, 0.717) is 30.8 Å². The third-order valence-electron chi connectivity index (χ3n) is 6.03. The maximum absolute atomic E-state index is 13.1. The lowest BCUT2D eigenvalue weighted by molar-refractivity contribution is -0.142. The highest BCUT2D eigenvalue weighted by Crippen LogP contribution is 2.15. The summed E-state index contributed by atoms with van der Waals surface area (Å²) in [5.74, 6) is -0.514. The molecule has 0 aliphatic heterocycles. The van der Waals surface area contributed by atoms with Gasteiger partial charge in [0.05, 0.1) is 6.61 Å². The van der Waals surface area contributed by atoms with Crippen molar-refractivity contribution in [3.05, 3.63) is 89.6 Å². The predicted octanol–water partition coefficient (Wildman–Crippen LogP) is 3.70. The number of benzene rings is 2. The fraction of sp³-hybridized carbons (Fsp3) is 0.333. The number of amides is 2. The third kappa shape index (κ3) is 9.45. The highest BCUT2D eigenvalue weighted by atomic mass is 16.5. The Morgan fingerprint density at radius 2 is 1.62 bits per heavy atom. The Balaban J connectivity index is 1.57. The lowest BCUT2D eigenvalue weighted by Gasteiger charge is -2.23. The molecule has 206 valence electrons. The molecule has 0 aliphatic carbocycles. The molecule has 4 N–H and O–H groups in total. The van der Waals surface area contributed by atoms with Crippen LogP contribution in [0, 0.1) is 5.92 Å². The van der Waals surface area contributed by atoms with Gasteiger partial charge in [0, 0.05) is 31.1 Å². The van der Waals surface area contributed by atoms with Gasteiger partial charge in [-0.25, -0.2) is 9.78 Å². The van der Waals surface area contributed by atoms with Gasteiger partial charge in [-0.15, -0.1) is 0 Å². The molecule has 1 heterocycles. The van der Waals surface area contributed by atoms with Crippen molar-refractivity contribution in [2.45, 2.75) is 45.2 Å². The molecule has 0 spiro atoms. The maximum atomic E-state index is 13.1. The number of aromatic nitrogens is 1. The molecule has 2 aromatic carbocycles. The van der Waals surface area contributed by atoms with Crippen LogP contribution in [0.25, 0.3) is 0 Å². The number of aliphatic carboxylic acids is 1. The number of carbonyl (C=O) groups is 3. The van der Waals surface area contributed by atoms with E-state index in [1.807, 2.05) is 39.1 Å². The van der Waals surface area contributed by atoms with Crippen molar-refractivity contribution in [1.82, 2.24) is 15.6 Å². The fourth-order valence-electron chi connectivity index (χ4n) is 4.00. The summed E-state index contributed by atoms with van der Waals surface area (Å²) in [4.78, 5) is 42.1. The molecular weight excluding hydrogens is 496 g/mol. The summed E-state index contributed by atoms with van der Waals surface area (Å²) in [5.41, 5.74) is 2.07. The molecule has 0 saturated heterocycles. The van der Waals surface area contributed by atoms with E-state index in [2.05, 4.69) is 20.9 Å². The molecule has 0 fully saturated rings. The Kier molecular flexibility index (Phi) is 10.9. The molecule has 3 aromatic rings. The number of hydrogen-bond donors (Lipinski definition) is 4. The summed E-state index contributed by atoms with van der Waals surface area (Å²) in [7, 11) is 1.82. The first kappa shape index (κ1) is 29.2. The second-order valence-electron chi connectivity index (χ2n) is 9.63. The summed E-state index contributed by atoms with van der Waals surface area (Å²) in [5, 5.41) is 18.2. The number of carbonyl (C=O) groups excluding carboxylic acids is 2. The Bertz CT molecular complexity index is 1230. The molecule has 0 saturated carbocycles. The highest BCUT2D eigenvalue weighted by molar-refractivity contribution is 5.98. The van der Waals surface area contributed by atoms with Gasteiger partial charge >= 0.3 is 5.97 Å². The van der Waals surface area contributed by atoms with Gasteiger partial charge in [-0.3, -0.25) is 9.59 Å². The predicted molar refractivity (Wildman–Crippen MR) is 150 cm³/mol. The lowest BCUT2D eigenvalue weighted by Crippen LogP contribution is -2.52. The Hall–Kier alpha value is -4.40. The maximum Gasteiger partial charge on any atom is 0.326 e. The average molecular weight is 533 g/mol. The van der Waals surface area contributed by atoms with E-state index >= 15 is 0 Å². The molecule has 2 amide bonds. The minimum Gasteiger partial charge on any atom is -0.493 e. The first-order chi connectivity index (χ1) is 18.7. The van der Waals surface area contributed by atoms with E-state index in [1.165, 1.54) is 0 Å². The minimum absolute atomic E-state index is 0.0864. The first-order valence-electron chi connectivity index (χ1n) is 13.0. The molecule has 1 aromatic heterocycles. The smallest absolute Gasteiger partial charge is 0.326 e. The summed E-state index contributed by atoms with van der Waals surface area (Å²) < 4.78 is 5.81. The zero-order valence-corrected chi connectivity index (χ0v) is 22.5. The third-order valence-corrected chi connectivity index (χ3v) is 6.03. The van der Waals surface area contributed by atoms with Gasteiger partial charge in [-0.2, -0.15) is 0 Å². The van der Waals surface area contributed by atoms with Crippen LogP contribution in [0.4, 0.5) is 5.82 Å². The van der Waals surface area contributed by atoms with Crippen LogP contribution in [0.5, 0.6) is 5.75 Å². The topological polar surface area (TPSA) is 130 Å². The lowest BCUT2D eigenvalue weighted by atomic mass is 10.0. The van der Waals surface area contributed by atoms with Crippen molar-refractivity contribution in [1.29, 1.82) is 0 Å². The van der Waals surface area contributed by atoms with Gasteiger partial charge in [-0.1, -0.05) is 50.2 Å². The van der Waals surface area contributed by atoms with Crippen LogP contribution in [0.1, 0.15) is 41.9 Å². The van der Waals surface area contributed by atoms with E-state index in [4.69, 9.17) is 4.74 Å². The molecule has 39 heavy (non-hydrogen) atoms. The van der Waals surface area contributed by atoms with E-state index in [0.717, 1.165) is 17.1 Å². The number of rotatable bonds is 14. The molecule has 0 aliphatic rings. The van der Waals surface area contributed by atoms with Crippen LogP contribution in [0.15, 0.2) is 72.8 Å². The zero-order chi connectivity index (χ0) is 28.2. The van der Waals surface area contributed by atoms with E-state index in [1.54, 1.807) is 54.6 Å². The zero-order valence-electron chi connectivity index (χ0n) is 22.5. The molecule has 9 nitrogen and oxygen atoms in total. The number of pyridine rings is 1. The Morgan fingerprint density at radius 1 is 0.897 bits per heavy atom.